The molecule has 8 heteroatoms. The highest BCUT2D eigenvalue weighted by atomic mass is 16.5. The Morgan fingerprint density at radius 2 is 1.71 bits per heavy atom. The number of carboxylic acid groups (broad SMARTS) is 1. The molecule has 1 heterocycles. The first kappa shape index (κ1) is 23.4. The standard InChI is InChI=1S/C27H30N2O6/c1-27(25(32)28-22(12-24(30)31)16-10-11-16)15-34-14-23(27)29-26(33)35-13-21-19-8-4-2-6-17(19)18-7-3-5-9-20(18)21/h2-9,16,21-23H,10-15H2,1H3,(H,28,32)(H,29,33)(H,30,31). The second-order valence-electron chi connectivity index (χ2n) is 9.97. The predicted molar refractivity (Wildman–Crippen MR) is 128 cm³/mol. The van der Waals surface area contributed by atoms with Gasteiger partial charge < -0.3 is 25.2 Å². The molecular formula is C27H30N2O6. The molecule has 2 aliphatic carbocycles. The van der Waals surface area contributed by atoms with Gasteiger partial charge in [-0.15, -0.1) is 0 Å². The molecule has 184 valence electrons. The lowest BCUT2D eigenvalue weighted by atomic mass is 9.83. The lowest BCUT2D eigenvalue weighted by molar-refractivity contribution is -0.138. The highest BCUT2D eigenvalue weighted by Crippen LogP contribution is 2.44. The number of hydrogen-bond acceptors (Lipinski definition) is 5. The maximum absolute atomic E-state index is 13.1. The molecule has 3 unspecified atom stereocenters. The van der Waals surface area contributed by atoms with Crippen molar-refractivity contribution in [3.05, 3.63) is 59.7 Å². The minimum atomic E-state index is -1.02. The van der Waals surface area contributed by atoms with Crippen molar-refractivity contribution in [1.82, 2.24) is 10.6 Å². The number of carbonyl (C=O) groups is 3. The van der Waals surface area contributed by atoms with Gasteiger partial charge in [0.2, 0.25) is 5.91 Å². The maximum atomic E-state index is 13.1. The number of carbonyl (C=O) groups excluding carboxylic acids is 2. The molecule has 1 saturated carbocycles. The monoisotopic (exact) mass is 478 g/mol. The SMILES string of the molecule is CC1(C(=O)NC(CC(=O)O)C2CC2)COCC1NC(=O)OCC1c2ccccc2-c2ccccc21. The maximum Gasteiger partial charge on any atom is 0.407 e. The molecule has 8 nitrogen and oxygen atoms in total. The lowest BCUT2D eigenvalue weighted by Crippen LogP contribution is -2.55. The molecule has 2 aromatic rings. The topological polar surface area (TPSA) is 114 Å². The smallest absolute Gasteiger partial charge is 0.407 e. The Morgan fingerprint density at radius 3 is 2.31 bits per heavy atom. The summed E-state index contributed by atoms with van der Waals surface area (Å²) in [4.78, 5) is 37.1. The number of ether oxygens (including phenoxy) is 2. The van der Waals surface area contributed by atoms with Gasteiger partial charge in [0.05, 0.1) is 31.1 Å². The highest BCUT2D eigenvalue weighted by molar-refractivity contribution is 5.85. The first-order valence-corrected chi connectivity index (χ1v) is 12.1. The molecule has 5 rings (SSSR count). The normalized spacial score (nSPS) is 23.7. The fourth-order valence-corrected chi connectivity index (χ4v) is 5.24. The Bertz CT molecular complexity index is 1100. The molecule has 3 atom stereocenters. The molecular weight excluding hydrogens is 448 g/mol. The summed E-state index contributed by atoms with van der Waals surface area (Å²) in [6.07, 6.45) is 1.10. The summed E-state index contributed by atoms with van der Waals surface area (Å²) < 4.78 is 11.2. The Hall–Kier alpha value is -3.39. The fourth-order valence-electron chi connectivity index (χ4n) is 5.24. The van der Waals surface area contributed by atoms with Crippen LogP contribution in [-0.4, -0.2) is 55.0 Å². The van der Waals surface area contributed by atoms with Crippen molar-refractivity contribution in [3.63, 3.8) is 0 Å². The summed E-state index contributed by atoms with van der Waals surface area (Å²) in [5.41, 5.74) is 3.53. The Kier molecular flexibility index (Phi) is 6.23. The van der Waals surface area contributed by atoms with E-state index in [1.807, 2.05) is 24.3 Å². The van der Waals surface area contributed by atoms with Gasteiger partial charge in [0.15, 0.2) is 0 Å². The van der Waals surface area contributed by atoms with Gasteiger partial charge in [0, 0.05) is 12.0 Å². The Morgan fingerprint density at radius 1 is 1.09 bits per heavy atom. The van der Waals surface area contributed by atoms with Crippen LogP contribution in [-0.2, 0) is 19.1 Å². The average Bonchev–Trinajstić information content (AvgIpc) is 3.56. The Labute approximate surface area is 204 Å². The van der Waals surface area contributed by atoms with Gasteiger partial charge in [-0.1, -0.05) is 48.5 Å². The van der Waals surface area contributed by atoms with Crippen molar-refractivity contribution in [2.24, 2.45) is 11.3 Å². The van der Waals surface area contributed by atoms with Crippen molar-refractivity contribution in [3.8, 4) is 11.1 Å². The largest absolute Gasteiger partial charge is 0.481 e. The summed E-state index contributed by atoms with van der Waals surface area (Å²) in [5.74, 6) is -1.12. The number of aliphatic carboxylic acids is 1. The van der Waals surface area contributed by atoms with Gasteiger partial charge in [0.25, 0.3) is 0 Å². The second kappa shape index (κ2) is 9.34. The number of fused-ring (bicyclic) bond motifs is 3. The van der Waals surface area contributed by atoms with Crippen LogP contribution in [0.4, 0.5) is 4.79 Å². The molecule has 2 amide bonds. The minimum Gasteiger partial charge on any atom is -0.481 e. The van der Waals surface area contributed by atoms with Gasteiger partial charge in [-0.05, 0) is 47.9 Å². The second-order valence-corrected chi connectivity index (χ2v) is 9.97. The van der Waals surface area contributed by atoms with Crippen LogP contribution < -0.4 is 10.6 Å². The van der Waals surface area contributed by atoms with Crippen LogP contribution >= 0.6 is 0 Å². The van der Waals surface area contributed by atoms with E-state index >= 15 is 0 Å². The summed E-state index contributed by atoms with van der Waals surface area (Å²) in [7, 11) is 0. The predicted octanol–water partition coefficient (Wildman–Crippen LogP) is 3.30. The van der Waals surface area contributed by atoms with E-state index in [1.54, 1.807) is 6.92 Å². The third kappa shape index (κ3) is 4.62. The van der Waals surface area contributed by atoms with Crippen molar-refractivity contribution in [2.75, 3.05) is 19.8 Å². The van der Waals surface area contributed by atoms with E-state index in [0.29, 0.717) is 0 Å². The number of hydrogen-bond donors (Lipinski definition) is 3. The zero-order valence-corrected chi connectivity index (χ0v) is 19.7. The first-order chi connectivity index (χ1) is 16.9. The molecule has 1 aliphatic heterocycles. The van der Waals surface area contributed by atoms with Gasteiger partial charge >= 0.3 is 12.1 Å². The molecule has 2 aromatic carbocycles. The van der Waals surface area contributed by atoms with Crippen molar-refractivity contribution < 1.29 is 29.0 Å². The van der Waals surface area contributed by atoms with Gasteiger partial charge in [-0.2, -0.15) is 0 Å². The number of alkyl carbamates (subject to hydrolysis) is 1. The minimum absolute atomic E-state index is 0.0574. The van der Waals surface area contributed by atoms with Crippen LogP contribution in [0.5, 0.6) is 0 Å². The van der Waals surface area contributed by atoms with Crippen LogP contribution in [0.15, 0.2) is 48.5 Å². The van der Waals surface area contributed by atoms with Crippen LogP contribution in [0.3, 0.4) is 0 Å². The third-order valence-electron chi connectivity index (χ3n) is 7.51. The van der Waals surface area contributed by atoms with Gasteiger partial charge in [0.1, 0.15) is 6.61 Å². The quantitative estimate of drug-likeness (QED) is 0.537. The van der Waals surface area contributed by atoms with Crippen molar-refractivity contribution in [2.45, 2.75) is 44.2 Å². The number of nitrogens with one attached hydrogen (secondary N) is 2. The Balaban J connectivity index is 1.22. The van der Waals surface area contributed by atoms with Crippen molar-refractivity contribution in [1.29, 1.82) is 0 Å². The fraction of sp³-hybridized carbons (Fsp3) is 0.444. The van der Waals surface area contributed by atoms with Gasteiger partial charge in [-0.25, -0.2) is 4.79 Å². The lowest BCUT2D eigenvalue weighted by Gasteiger charge is -2.30. The zero-order valence-electron chi connectivity index (χ0n) is 19.7. The van der Waals surface area contributed by atoms with E-state index in [0.717, 1.165) is 35.1 Å². The van der Waals surface area contributed by atoms with Crippen LogP contribution in [0.1, 0.15) is 43.2 Å². The van der Waals surface area contributed by atoms with E-state index < -0.39 is 29.6 Å². The summed E-state index contributed by atoms with van der Waals surface area (Å²) in [5, 5.41) is 14.9. The van der Waals surface area contributed by atoms with Crippen LogP contribution in [0, 0.1) is 11.3 Å². The average molecular weight is 479 g/mol. The first-order valence-electron chi connectivity index (χ1n) is 12.1. The summed E-state index contributed by atoms with van der Waals surface area (Å²) >= 11 is 0. The van der Waals surface area contributed by atoms with Crippen molar-refractivity contribution >= 4 is 18.0 Å². The molecule has 3 N–H and O–H groups in total. The number of rotatable bonds is 8. The van der Waals surface area contributed by atoms with Crippen LogP contribution in [0.25, 0.3) is 11.1 Å². The summed E-state index contributed by atoms with van der Waals surface area (Å²) in [6.45, 7) is 2.23. The molecule has 1 saturated heterocycles. The summed E-state index contributed by atoms with van der Waals surface area (Å²) in [6, 6.07) is 15.2. The number of benzene rings is 2. The molecule has 35 heavy (non-hydrogen) atoms. The number of carboxylic acids is 1. The highest BCUT2D eigenvalue weighted by Gasteiger charge is 2.49. The number of amides is 2. The molecule has 0 radical (unpaired) electrons. The van der Waals surface area contributed by atoms with E-state index in [4.69, 9.17) is 9.47 Å². The third-order valence-corrected chi connectivity index (χ3v) is 7.51. The van der Waals surface area contributed by atoms with E-state index in [1.165, 1.54) is 0 Å². The van der Waals surface area contributed by atoms with Gasteiger partial charge in [-0.3, -0.25) is 9.59 Å². The van der Waals surface area contributed by atoms with Crippen LogP contribution in [0.2, 0.25) is 0 Å². The van der Waals surface area contributed by atoms with E-state index in [9.17, 15) is 19.5 Å². The zero-order chi connectivity index (χ0) is 24.6. The van der Waals surface area contributed by atoms with E-state index in [-0.39, 0.29) is 44.0 Å². The molecule has 0 aromatic heterocycles. The van der Waals surface area contributed by atoms with E-state index in [2.05, 4.69) is 34.9 Å². The molecule has 0 spiro atoms. The molecule has 0 bridgehead atoms. The molecule has 2 fully saturated rings. The molecule has 3 aliphatic rings.